The Labute approximate surface area is 76.3 Å². The van der Waals surface area contributed by atoms with Crippen LogP contribution in [0.15, 0.2) is 0 Å². The Kier molecular flexibility index (Phi) is 3.51. The highest BCUT2D eigenvalue weighted by Gasteiger charge is 2.10. The minimum absolute atomic E-state index is 0.134. The van der Waals surface area contributed by atoms with Crippen LogP contribution in [0, 0.1) is 0 Å². The molecule has 72 valence electrons. The number of carbonyl (C=O) groups excluding carboxylic acids is 1. The van der Waals surface area contributed by atoms with Crippen LogP contribution in [0.3, 0.4) is 0 Å². The van der Waals surface area contributed by atoms with Crippen molar-refractivity contribution >= 4 is 5.78 Å². The minimum atomic E-state index is -0.134. The van der Waals surface area contributed by atoms with Gasteiger partial charge in [-0.2, -0.15) is 4.80 Å². The second-order valence-electron chi connectivity index (χ2n) is 2.66. The third-order valence-corrected chi connectivity index (χ3v) is 1.46. The van der Waals surface area contributed by atoms with Gasteiger partial charge in [-0.15, -0.1) is 10.2 Å². The Morgan fingerprint density at radius 3 is 3.00 bits per heavy atom. The molecule has 0 aliphatic rings. The van der Waals surface area contributed by atoms with E-state index < -0.39 is 0 Å². The highest BCUT2D eigenvalue weighted by molar-refractivity contribution is 5.93. The Bertz CT molecular complexity index is 282. The van der Waals surface area contributed by atoms with Gasteiger partial charge in [0.05, 0.1) is 13.1 Å². The van der Waals surface area contributed by atoms with Crippen molar-refractivity contribution in [1.29, 1.82) is 0 Å². The molecule has 0 aliphatic heterocycles. The molecule has 0 saturated carbocycles. The third-order valence-electron chi connectivity index (χ3n) is 1.46. The van der Waals surface area contributed by atoms with E-state index >= 15 is 0 Å². The van der Waals surface area contributed by atoms with Gasteiger partial charge in [-0.3, -0.25) is 4.79 Å². The average molecular weight is 183 g/mol. The zero-order valence-electron chi connectivity index (χ0n) is 7.82. The van der Waals surface area contributed by atoms with Crippen LogP contribution in [0.5, 0.6) is 0 Å². The molecule has 13 heavy (non-hydrogen) atoms. The lowest BCUT2D eigenvalue weighted by atomic mass is 10.4. The van der Waals surface area contributed by atoms with Crippen LogP contribution in [0.1, 0.15) is 24.0 Å². The first-order valence-corrected chi connectivity index (χ1v) is 4.23. The monoisotopic (exact) mass is 183 g/mol. The van der Waals surface area contributed by atoms with E-state index in [9.17, 15) is 4.79 Å². The summed E-state index contributed by atoms with van der Waals surface area (Å²) in [5, 5.41) is 14.0. The zero-order valence-corrected chi connectivity index (χ0v) is 7.82. The predicted octanol–water partition coefficient (Wildman–Crippen LogP) is -0.515. The van der Waals surface area contributed by atoms with Gasteiger partial charge in [-0.05, 0) is 18.7 Å². The summed E-state index contributed by atoms with van der Waals surface area (Å²) >= 11 is 0. The van der Waals surface area contributed by atoms with Gasteiger partial charge in [0.15, 0.2) is 0 Å². The molecule has 6 nitrogen and oxygen atoms in total. The first-order valence-electron chi connectivity index (χ1n) is 4.23. The van der Waals surface area contributed by atoms with Crippen LogP contribution in [-0.2, 0) is 6.54 Å². The van der Waals surface area contributed by atoms with Gasteiger partial charge in [0.25, 0.3) is 0 Å². The number of carbonyl (C=O) groups is 1. The van der Waals surface area contributed by atoms with Crippen molar-refractivity contribution in [3.8, 4) is 0 Å². The van der Waals surface area contributed by atoms with E-state index in [-0.39, 0.29) is 18.2 Å². The zero-order chi connectivity index (χ0) is 9.68. The summed E-state index contributed by atoms with van der Waals surface area (Å²) in [5.41, 5.74) is 0. The Morgan fingerprint density at radius 1 is 1.62 bits per heavy atom. The standard InChI is InChI=1S/C7H13N5O/c1-3-4-12-10-7(9-11-12)6(13)5-8-2/h8H,3-5H2,1-2H3. The fraction of sp³-hybridized carbons (Fsp3) is 0.714. The molecular weight excluding hydrogens is 170 g/mol. The quantitative estimate of drug-likeness (QED) is 0.622. The minimum Gasteiger partial charge on any atom is -0.313 e. The van der Waals surface area contributed by atoms with Crippen LogP contribution in [0.4, 0.5) is 0 Å². The second-order valence-corrected chi connectivity index (χ2v) is 2.66. The topological polar surface area (TPSA) is 72.7 Å². The summed E-state index contributed by atoms with van der Waals surface area (Å²) in [7, 11) is 1.70. The van der Waals surface area contributed by atoms with Crippen LogP contribution in [0.25, 0.3) is 0 Å². The van der Waals surface area contributed by atoms with Gasteiger partial charge >= 0.3 is 0 Å². The molecule has 0 atom stereocenters. The smallest absolute Gasteiger partial charge is 0.241 e. The Hall–Kier alpha value is -1.30. The maximum atomic E-state index is 11.2. The lowest BCUT2D eigenvalue weighted by molar-refractivity contribution is 0.0983. The number of likely N-dealkylation sites (N-methyl/N-ethyl adjacent to an activating group) is 1. The van der Waals surface area contributed by atoms with Crippen LogP contribution in [0.2, 0.25) is 0 Å². The van der Waals surface area contributed by atoms with Crippen molar-refractivity contribution in [3.63, 3.8) is 0 Å². The molecule has 1 heterocycles. The lowest BCUT2D eigenvalue weighted by Crippen LogP contribution is -2.19. The second kappa shape index (κ2) is 4.66. The molecule has 0 bridgehead atoms. The molecule has 1 aromatic rings. The lowest BCUT2D eigenvalue weighted by Gasteiger charge is -1.92. The fourth-order valence-electron chi connectivity index (χ4n) is 0.889. The summed E-state index contributed by atoms with van der Waals surface area (Å²) < 4.78 is 0. The first-order chi connectivity index (χ1) is 6.27. The van der Waals surface area contributed by atoms with E-state index in [0.29, 0.717) is 6.54 Å². The van der Waals surface area contributed by atoms with Gasteiger partial charge in [-0.25, -0.2) is 0 Å². The van der Waals surface area contributed by atoms with Crippen LogP contribution >= 0.6 is 0 Å². The summed E-state index contributed by atoms with van der Waals surface area (Å²) in [4.78, 5) is 12.7. The molecule has 6 heteroatoms. The molecule has 0 aliphatic carbocycles. The number of nitrogens with one attached hydrogen (secondary N) is 1. The Morgan fingerprint density at radius 2 is 2.38 bits per heavy atom. The summed E-state index contributed by atoms with van der Waals surface area (Å²) in [6.45, 7) is 2.95. The predicted molar refractivity (Wildman–Crippen MR) is 46.4 cm³/mol. The van der Waals surface area contributed by atoms with Crippen molar-refractivity contribution in [2.75, 3.05) is 13.6 Å². The number of Topliss-reactive ketones (excluding diaryl/α,β-unsaturated/α-hetero) is 1. The van der Waals surface area contributed by atoms with Crippen molar-refractivity contribution in [3.05, 3.63) is 5.82 Å². The molecule has 0 aromatic carbocycles. The number of hydrogen-bond acceptors (Lipinski definition) is 5. The summed E-state index contributed by atoms with van der Waals surface area (Å²) in [6.07, 6.45) is 0.927. The molecule has 0 amide bonds. The molecule has 0 spiro atoms. The summed E-state index contributed by atoms with van der Waals surface area (Å²) in [5.74, 6) is 0.0488. The van der Waals surface area contributed by atoms with E-state index in [4.69, 9.17) is 0 Å². The van der Waals surface area contributed by atoms with E-state index in [2.05, 4.69) is 20.7 Å². The maximum Gasteiger partial charge on any atom is 0.241 e. The number of ketones is 1. The highest BCUT2D eigenvalue weighted by Crippen LogP contribution is 1.89. The molecule has 0 radical (unpaired) electrons. The van der Waals surface area contributed by atoms with Crippen LogP contribution < -0.4 is 5.32 Å². The number of hydrogen-bond donors (Lipinski definition) is 1. The highest BCUT2D eigenvalue weighted by atomic mass is 16.1. The molecule has 0 unspecified atom stereocenters. The van der Waals surface area contributed by atoms with Crippen LogP contribution in [-0.4, -0.2) is 39.6 Å². The molecular formula is C7H13N5O. The SMILES string of the molecule is CCCn1nnc(C(=O)CNC)n1. The first kappa shape index (κ1) is 9.79. The van der Waals surface area contributed by atoms with E-state index in [0.717, 1.165) is 6.42 Å². The summed E-state index contributed by atoms with van der Waals surface area (Å²) in [6, 6.07) is 0. The number of aryl methyl sites for hydroxylation is 1. The molecule has 0 fully saturated rings. The molecule has 1 rings (SSSR count). The van der Waals surface area contributed by atoms with E-state index in [1.165, 1.54) is 4.80 Å². The normalized spacial score (nSPS) is 10.3. The number of nitrogens with zero attached hydrogens (tertiary/aromatic N) is 4. The largest absolute Gasteiger partial charge is 0.313 e. The number of aromatic nitrogens is 4. The third kappa shape index (κ3) is 2.59. The van der Waals surface area contributed by atoms with Gasteiger partial charge in [0.1, 0.15) is 0 Å². The maximum absolute atomic E-state index is 11.2. The van der Waals surface area contributed by atoms with E-state index in [1.807, 2.05) is 6.92 Å². The molecule has 1 N–H and O–H groups in total. The van der Waals surface area contributed by atoms with Crippen molar-refractivity contribution < 1.29 is 4.79 Å². The van der Waals surface area contributed by atoms with Crippen molar-refractivity contribution in [2.45, 2.75) is 19.9 Å². The van der Waals surface area contributed by atoms with Gasteiger partial charge < -0.3 is 5.32 Å². The van der Waals surface area contributed by atoms with Crippen molar-refractivity contribution in [2.24, 2.45) is 0 Å². The van der Waals surface area contributed by atoms with Gasteiger partial charge in [-0.1, -0.05) is 6.92 Å². The van der Waals surface area contributed by atoms with Gasteiger partial charge in [0, 0.05) is 0 Å². The average Bonchev–Trinajstić information content (AvgIpc) is 2.54. The molecule has 0 saturated heterocycles. The van der Waals surface area contributed by atoms with Gasteiger partial charge in [0.2, 0.25) is 11.6 Å². The fourth-order valence-corrected chi connectivity index (χ4v) is 0.889. The van der Waals surface area contributed by atoms with E-state index in [1.54, 1.807) is 7.05 Å². The van der Waals surface area contributed by atoms with Crippen molar-refractivity contribution in [1.82, 2.24) is 25.5 Å². The number of rotatable bonds is 5. The molecule has 1 aromatic heterocycles. The Balaban J connectivity index is 2.62. The number of tetrazole rings is 1.